The van der Waals surface area contributed by atoms with Crippen LogP contribution in [0.5, 0.6) is 11.5 Å². The van der Waals surface area contributed by atoms with Crippen LogP contribution in [0.15, 0.2) is 41.5 Å². The Morgan fingerprint density at radius 1 is 1.00 bits per heavy atom. The highest BCUT2D eigenvalue weighted by Crippen LogP contribution is 2.35. The van der Waals surface area contributed by atoms with Crippen molar-refractivity contribution in [1.29, 1.82) is 0 Å². The Bertz CT molecular complexity index is 938. The van der Waals surface area contributed by atoms with E-state index in [1.165, 1.54) is 5.69 Å². The molecule has 0 unspecified atom stereocenters. The third-order valence-electron chi connectivity index (χ3n) is 6.14. The summed E-state index contributed by atoms with van der Waals surface area (Å²) in [5, 5.41) is 7.52. The Morgan fingerprint density at radius 2 is 1.63 bits per heavy atom. The van der Waals surface area contributed by atoms with Crippen molar-refractivity contribution in [2.24, 2.45) is 10.9 Å². The Labute approximate surface area is 210 Å². The van der Waals surface area contributed by atoms with Crippen molar-refractivity contribution < 1.29 is 14.2 Å². The predicted molar refractivity (Wildman–Crippen MR) is 145 cm³/mol. The van der Waals surface area contributed by atoms with Crippen LogP contribution in [0.1, 0.15) is 70.4 Å². The fourth-order valence-electron chi connectivity index (χ4n) is 3.99. The van der Waals surface area contributed by atoms with Gasteiger partial charge in [-0.25, -0.2) is 0 Å². The molecule has 1 saturated heterocycles. The molecule has 2 aromatic rings. The molecular weight excluding hydrogens is 440 g/mol. The summed E-state index contributed by atoms with van der Waals surface area (Å²) >= 11 is 0. The minimum absolute atomic E-state index is 0.280. The van der Waals surface area contributed by atoms with Gasteiger partial charge in [0.05, 0.1) is 32.0 Å². The maximum Gasteiger partial charge on any atom is 0.161 e. The Balaban J connectivity index is 1.87. The Hall–Kier alpha value is -2.93. The highest BCUT2D eigenvalue weighted by Gasteiger charge is 2.19. The summed E-state index contributed by atoms with van der Waals surface area (Å²) in [5.74, 6) is 8.35. The number of morpholine rings is 1. The topological polar surface area (TPSA) is 81.3 Å². The van der Waals surface area contributed by atoms with Crippen molar-refractivity contribution in [2.45, 2.75) is 59.3 Å². The number of amidine groups is 1. The molecule has 0 aliphatic carbocycles. The van der Waals surface area contributed by atoms with Gasteiger partial charge in [0.25, 0.3) is 0 Å². The monoisotopic (exact) mass is 482 g/mol. The molecule has 0 saturated carbocycles. The first-order valence-electron chi connectivity index (χ1n) is 13.0. The summed E-state index contributed by atoms with van der Waals surface area (Å²) < 4.78 is 17.8. The average molecular weight is 483 g/mol. The van der Waals surface area contributed by atoms with Gasteiger partial charge in [0, 0.05) is 30.5 Å². The van der Waals surface area contributed by atoms with Gasteiger partial charge < -0.3 is 30.3 Å². The van der Waals surface area contributed by atoms with Gasteiger partial charge in [-0.15, -0.1) is 0 Å². The number of benzene rings is 2. The maximum atomic E-state index is 6.20. The summed E-state index contributed by atoms with van der Waals surface area (Å²) in [6.45, 7) is 13.3. The number of nitrogens with two attached hydrogens (primary N) is 1. The van der Waals surface area contributed by atoms with Crippen LogP contribution in [0.25, 0.3) is 0 Å². The van der Waals surface area contributed by atoms with Crippen molar-refractivity contribution in [1.82, 2.24) is 0 Å². The zero-order chi connectivity index (χ0) is 25.0. The van der Waals surface area contributed by atoms with E-state index in [0.717, 1.165) is 80.3 Å². The number of hydrogen-bond acceptors (Lipinski definition) is 6. The van der Waals surface area contributed by atoms with Crippen LogP contribution in [-0.4, -0.2) is 45.4 Å². The molecular formula is C28H42N4O3. The molecule has 0 aromatic heterocycles. The van der Waals surface area contributed by atoms with Gasteiger partial charge >= 0.3 is 0 Å². The number of nitrogens with zero attached hydrogens (tertiary/aromatic N) is 2. The second-order valence-electron chi connectivity index (χ2n) is 9.19. The molecule has 0 radical (unpaired) electrons. The number of nitrogens with one attached hydrogen (secondary N) is 1. The van der Waals surface area contributed by atoms with E-state index in [1.807, 2.05) is 6.07 Å². The first-order chi connectivity index (χ1) is 17.1. The van der Waals surface area contributed by atoms with Crippen LogP contribution in [0.4, 0.5) is 11.4 Å². The van der Waals surface area contributed by atoms with Crippen LogP contribution >= 0.6 is 0 Å². The lowest BCUT2D eigenvalue weighted by atomic mass is 9.98. The normalized spacial score (nSPS) is 14.3. The van der Waals surface area contributed by atoms with Gasteiger partial charge in [-0.1, -0.05) is 40.5 Å². The van der Waals surface area contributed by atoms with Crippen molar-refractivity contribution in [3.63, 3.8) is 0 Å². The van der Waals surface area contributed by atoms with Crippen molar-refractivity contribution in [3.05, 3.63) is 47.5 Å². The molecule has 7 heteroatoms. The average Bonchev–Trinajstić information content (AvgIpc) is 2.88. The standard InChI is InChI=1S/C28H42N4O3/c1-5-7-15-34-26-20-27(35-16-8-6-2)25(19-24(26)21(3)4)28(31-29)30-22-9-11-23(12-10-22)32-13-17-33-18-14-32/h9-12,19-21H,5-8,13-18,29H2,1-4H3,(H,30,31). The second kappa shape index (κ2) is 13.8. The van der Waals surface area contributed by atoms with E-state index in [9.17, 15) is 0 Å². The lowest BCUT2D eigenvalue weighted by Crippen LogP contribution is -2.36. The highest BCUT2D eigenvalue weighted by atomic mass is 16.5. The highest BCUT2D eigenvalue weighted by molar-refractivity contribution is 6.10. The SMILES string of the molecule is CCCCOc1cc(OCCCC)c(C(C)C)cc1/C(=N\N)Nc1ccc(N2CCOCC2)cc1. The van der Waals surface area contributed by atoms with Crippen LogP contribution in [0, 0.1) is 0 Å². The molecule has 2 aromatic carbocycles. The Morgan fingerprint density at radius 3 is 2.20 bits per heavy atom. The molecule has 35 heavy (non-hydrogen) atoms. The van der Waals surface area contributed by atoms with Crippen LogP contribution in [0.2, 0.25) is 0 Å². The smallest absolute Gasteiger partial charge is 0.161 e. The van der Waals surface area contributed by atoms with E-state index in [1.54, 1.807) is 0 Å². The summed E-state index contributed by atoms with van der Waals surface area (Å²) in [7, 11) is 0. The number of hydrogen-bond donors (Lipinski definition) is 2. The minimum Gasteiger partial charge on any atom is -0.493 e. The van der Waals surface area contributed by atoms with E-state index in [4.69, 9.17) is 20.1 Å². The van der Waals surface area contributed by atoms with E-state index in [2.05, 4.69) is 73.3 Å². The molecule has 3 rings (SSSR count). The molecule has 1 heterocycles. The number of hydrazone groups is 1. The molecule has 0 spiro atoms. The van der Waals surface area contributed by atoms with Crippen molar-refractivity contribution in [2.75, 3.05) is 49.7 Å². The van der Waals surface area contributed by atoms with Gasteiger partial charge in [-0.3, -0.25) is 0 Å². The van der Waals surface area contributed by atoms with E-state index >= 15 is 0 Å². The fourth-order valence-corrected chi connectivity index (χ4v) is 3.99. The molecule has 192 valence electrons. The van der Waals surface area contributed by atoms with Gasteiger partial charge in [0.2, 0.25) is 0 Å². The molecule has 1 fully saturated rings. The number of anilines is 2. The van der Waals surface area contributed by atoms with Gasteiger partial charge in [0.1, 0.15) is 11.5 Å². The zero-order valence-electron chi connectivity index (χ0n) is 21.8. The number of rotatable bonds is 12. The fraction of sp³-hybridized carbons (Fsp3) is 0.536. The lowest BCUT2D eigenvalue weighted by Gasteiger charge is -2.29. The van der Waals surface area contributed by atoms with Gasteiger partial charge in [-0.2, -0.15) is 5.10 Å². The maximum absolute atomic E-state index is 6.20. The molecule has 1 aliphatic heterocycles. The van der Waals surface area contributed by atoms with Crippen molar-refractivity contribution >= 4 is 17.2 Å². The van der Waals surface area contributed by atoms with E-state index < -0.39 is 0 Å². The lowest BCUT2D eigenvalue weighted by molar-refractivity contribution is 0.122. The molecule has 3 N–H and O–H groups in total. The second-order valence-corrected chi connectivity index (χ2v) is 9.19. The number of ether oxygens (including phenoxy) is 3. The van der Waals surface area contributed by atoms with E-state index in [-0.39, 0.29) is 5.92 Å². The van der Waals surface area contributed by atoms with Crippen LogP contribution < -0.4 is 25.5 Å². The van der Waals surface area contributed by atoms with Crippen molar-refractivity contribution in [3.8, 4) is 11.5 Å². The quantitative estimate of drug-likeness (QED) is 0.132. The molecule has 0 amide bonds. The molecule has 7 nitrogen and oxygen atoms in total. The molecule has 1 aliphatic rings. The molecule has 0 atom stereocenters. The Kier molecular flexibility index (Phi) is 10.5. The summed E-state index contributed by atoms with van der Waals surface area (Å²) in [6, 6.07) is 12.5. The predicted octanol–water partition coefficient (Wildman–Crippen LogP) is 5.74. The third kappa shape index (κ3) is 7.52. The van der Waals surface area contributed by atoms with Gasteiger partial charge in [-0.05, 0) is 54.7 Å². The summed E-state index contributed by atoms with van der Waals surface area (Å²) in [5.41, 5.74) is 4.06. The van der Waals surface area contributed by atoms with Gasteiger partial charge in [0.15, 0.2) is 5.84 Å². The zero-order valence-corrected chi connectivity index (χ0v) is 21.8. The van der Waals surface area contributed by atoms with E-state index in [0.29, 0.717) is 19.0 Å². The first kappa shape index (κ1) is 26.7. The van der Waals surface area contributed by atoms with Crippen LogP contribution in [-0.2, 0) is 4.74 Å². The largest absolute Gasteiger partial charge is 0.493 e. The summed E-state index contributed by atoms with van der Waals surface area (Å²) in [6.07, 6.45) is 4.14. The summed E-state index contributed by atoms with van der Waals surface area (Å²) in [4.78, 5) is 2.33. The number of unbranched alkanes of at least 4 members (excludes halogenated alkanes) is 2. The minimum atomic E-state index is 0.280. The molecule has 0 bridgehead atoms. The first-order valence-corrected chi connectivity index (χ1v) is 13.0. The van der Waals surface area contributed by atoms with Crippen LogP contribution in [0.3, 0.4) is 0 Å². The third-order valence-corrected chi connectivity index (χ3v) is 6.14.